The molecule has 0 fully saturated rings. The van der Waals surface area contributed by atoms with Gasteiger partial charge in [0.1, 0.15) is 5.82 Å². The van der Waals surface area contributed by atoms with Gasteiger partial charge in [0.15, 0.2) is 5.78 Å². The zero-order chi connectivity index (χ0) is 11.3. The molecule has 1 aromatic carbocycles. The van der Waals surface area contributed by atoms with E-state index in [1.165, 1.54) is 12.1 Å². The van der Waals surface area contributed by atoms with Crippen molar-refractivity contribution >= 4 is 21.7 Å². The first kappa shape index (κ1) is 12.4. The van der Waals surface area contributed by atoms with Gasteiger partial charge in [-0.05, 0) is 24.6 Å². The molecule has 3 heteroatoms. The van der Waals surface area contributed by atoms with Crippen molar-refractivity contribution in [2.45, 2.75) is 32.6 Å². The minimum Gasteiger partial charge on any atom is -0.294 e. The van der Waals surface area contributed by atoms with Crippen LogP contribution in [0.4, 0.5) is 4.39 Å². The third-order valence-corrected chi connectivity index (χ3v) is 2.65. The number of hydrogen-bond donors (Lipinski definition) is 0. The van der Waals surface area contributed by atoms with Crippen molar-refractivity contribution in [3.8, 4) is 0 Å². The van der Waals surface area contributed by atoms with Gasteiger partial charge in [-0.25, -0.2) is 4.39 Å². The molecule has 0 unspecified atom stereocenters. The number of benzene rings is 1. The number of hydrogen-bond acceptors (Lipinski definition) is 1. The molecule has 0 aliphatic heterocycles. The molecule has 0 radical (unpaired) electrons. The summed E-state index contributed by atoms with van der Waals surface area (Å²) in [7, 11) is 0. The number of Topliss-reactive ketones (excluding diaryl/α,β-unsaturated/α-hetero) is 1. The van der Waals surface area contributed by atoms with E-state index >= 15 is 0 Å². The lowest BCUT2D eigenvalue weighted by Gasteiger charge is -2.01. The summed E-state index contributed by atoms with van der Waals surface area (Å²) >= 11 is 3.17. The molecule has 0 N–H and O–H groups in total. The second kappa shape index (κ2) is 6.01. The summed E-state index contributed by atoms with van der Waals surface area (Å²) in [5.74, 6) is -0.355. The van der Waals surface area contributed by atoms with E-state index < -0.39 is 0 Å². The zero-order valence-corrected chi connectivity index (χ0v) is 10.3. The molecule has 0 aliphatic carbocycles. The fourth-order valence-electron chi connectivity index (χ4n) is 1.39. The Labute approximate surface area is 97.8 Å². The van der Waals surface area contributed by atoms with E-state index in [4.69, 9.17) is 0 Å². The highest BCUT2D eigenvalue weighted by Gasteiger charge is 2.07. The van der Waals surface area contributed by atoms with Gasteiger partial charge >= 0.3 is 0 Å². The van der Waals surface area contributed by atoms with Gasteiger partial charge in [-0.1, -0.05) is 35.7 Å². The normalized spacial score (nSPS) is 10.3. The van der Waals surface area contributed by atoms with Crippen molar-refractivity contribution in [2.75, 3.05) is 0 Å². The average molecular weight is 273 g/mol. The Bertz CT molecular complexity index is 329. The van der Waals surface area contributed by atoms with Crippen LogP contribution < -0.4 is 0 Å². The summed E-state index contributed by atoms with van der Waals surface area (Å²) in [4.78, 5) is 11.6. The predicted molar refractivity (Wildman–Crippen MR) is 62.6 cm³/mol. The lowest BCUT2D eigenvalue weighted by Crippen LogP contribution is -1.99. The van der Waals surface area contributed by atoms with Crippen LogP contribution >= 0.6 is 15.9 Å². The molecular formula is C12H14BrFO. The third-order valence-electron chi connectivity index (χ3n) is 2.19. The minimum absolute atomic E-state index is 0.0173. The quantitative estimate of drug-likeness (QED) is 0.575. The smallest absolute Gasteiger partial charge is 0.163 e. The highest BCUT2D eigenvalue weighted by atomic mass is 79.9. The number of carbonyl (C=O) groups is 1. The Balaban J connectivity index is 2.65. The summed E-state index contributed by atoms with van der Waals surface area (Å²) < 4.78 is 13.6. The highest BCUT2D eigenvalue weighted by molar-refractivity contribution is 9.10. The molecule has 1 nitrogen and oxygen atoms in total. The Morgan fingerprint density at radius 3 is 2.67 bits per heavy atom. The second-order valence-corrected chi connectivity index (χ2v) is 4.45. The fraction of sp³-hybridized carbons (Fsp3) is 0.417. The largest absolute Gasteiger partial charge is 0.294 e. The van der Waals surface area contributed by atoms with Gasteiger partial charge in [0, 0.05) is 16.5 Å². The van der Waals surface area contributed by atoms with Crippen molar-refractivity contribution < 1.29 is 9.18 Å². The van der Waals surface area contributed by atoms with Crippen LogP contribution in [0.15, 0.2) is 22.7 Å². The number of halogens is 2. The first-order valence-electron chi connectivity index (χ1n) is 5.12. The van der Waals surface area contributed by atoms with Crippen LogP contribution in [0, 0.1) is 5.82 Å². The second-order valence-electron chi connectivity index (χ2n) is 3.54. The minimum atomic E-state index is -0.372. The van der Waals surface area contributed by atoms with Crippen molar-refractivity contribution in [3.05, 3.63) is 34.1 Å². The lowest BCUT2D eigenvalue weighted by atomic mass is 10.0. The Hall–Kier alpha value is -0.700. The molecule has 0 heterocycles. The molecule has 82 valence electrons. The van der Waals surface area contributed by atoms with E-state index in [0.717, 1.165) is 19.3 Å². The first-order valence-corrected chi connectivity index (χ1v) is 5.92. The number of rotatable bonds is 5. The maximum Gasteiger partial charge on any atom is 0.163 e. The molecule has 0 amide bonds. The van der Waals surface area contributed by atoms with E-state index in [1.54, 1.807) is 6.07 Å². The standard InChI is InChI=1S/C12H14BrFO/c1-2-3-4-5-12(15)9-6-10(13)8-11(14)7-9/h6-8H,2-5H2,1H3. The van der Waals surface area contributed by atoms with Gasteiger partial charge in [0.25, 0.3) is 0 Å². The number of ketones is 1. The molecular weight excluding hydrogens is 259 g/mol. The summed E-state index contributed by atoms with van der Waals surface area (Å²) in [6, 6.07) is 4.30. The van der Waals surface area contributed by atoms with E-state index in [9.17, 15) is 9.18 Å². The first-order chi connectivity index (χ1) is 7.13. The van der Waals surface area contributed by atoms with E-state index in [-0.39, 0.29) is 11.6 Å². The van der Waals surface area contributed by atoms with Crippen LogP contribution in [0.3, 0.4) is 0 Å². The van der Waals surface area contributed by atoms with Crippen molar-refractivity contribution in [3.63, 3.8) is 0 Å². The maximum atomic E-state index is 13.0. The SMILES string of the molecule is CCCCCC(=O)c1cc(F)cc(Br)c1. The van der Waals surface area contributed by atoms with Crippen LogP contribution in [0.25, 0.3) is 0 Å². The summed E-state index contributed by atoms with van der Waals surface area (Å²) in [6.07, 6.45) is 3.51. The van der Waals surface area contributed by atoms with E-state index in [2.05, 4.69) is 22.9 Å². The molecule has 0 atom stereocenters. The maximum absolute atomic E-state index is 13.0. The fourth-order valence-corrected chi connectivity index (χ4v) is 1.86. The highest BCUT2D eigenvalue weighted by Crippen LogP contribution is 2.17. The van der Waals surface area contributed by atoms with Crippen LogP contribution in [0.2, 0.25) is 0 Å². The molecule has 0 saturated carbocycles. The van der Waals surface area contributed by atoms with Crippen molar-refractivity contribution in [2.24, 2.45) is 0 Å². The lowest BCUT2D eigenvalue weighted by molar-refractivity contribution is 0.0979. The topological polar surface area (TPSA) is 17.1 Å². The summed E-state index contributed by atoms with van der Waals surface area (Å²) in [5, 5.41) is 0. The van der Waals surface area contributed by atoms with E-state index in [1.807, 2.05) is 0 Å². The monoisotopic (exact) mass is 272 g/mol. The van der Waals surface area contributed by atoms with Gasteiger partial charge in [-0.3, -0.25) is 4.79 Å². The van der Waals surface area contributed by atoms with Crippen molar-refractivity contribution in [1.82, 2.24) is 0 Å². The molecule has 1 rings (SSSR count). The Morgan fingerprint density at radius 2 is 2.07 bits per heavy atom. The molecule has 0 aromatic heterocycles. The predicted octanol–water partition coefficient (Wildman–Crippen LogP) is 4.35. The van der Waals surface area contributed by atoms with Crippen LogP contribution in [-0.4, -0.2) is 5.78 Å². The average Bonchev–Trinajstić information content (AvgIpc) is 2.16. The summed E-state index contributed by atoms with van der Waals surface area (Å²) in [5.41, 5.74) is 0.456. The Morgan fingerprint density at radius 1 is 1.33 bits per heavy atom. The number of carbonyl (C=O) groups excluding carboxylic acids is 1. The van der Waals surface area contributed by atoms with Crippen LogP contribution in [0.1, 0.15) is 43.0 Å². The van der Waals surface area contributed by atoms with Gasteiger partial charge in [0.05, 0.1) is 0 Å². The van der Waals surface area contributed by atoms with Gasteiger partial charge in [0.2, 0.25) is 0 Å². The zero-order valence-electron chi connectivity index (χ0n) is 8.72. The molecule has 0 spiro atoms. The van der Waals surface area contributed by atoms with E-state index in [0.29, 0.717) is 16.5 Å². The van der Waals surface area contributed by atoms with Crippen LogP contribution in [-0.2, 0) is 0 Å². The molecule has 0 saturated heterocycles. The van der Waals surface area contributed by atoms with Crippen LogP contribution in [0.5, 0.6) is 0 Å². The molecule has 15 heavy (non-hydrogen) atoms. The van der Waals surface area contributed by atoms with Gasteiger partial charge < -0.3 is 0 Å². The summed E-state index contributed by atoms with van der Waals surface area (Å²) in [6.45, 7) is 2.09. The van der Waals surface area contributed by atoms with Gasteiger partial charge in [-0.15, -0.1) is 0 Å². The molecule has 1 aromatic rings. The molecule has 0 bridgehead atoms. The third kappa shape index (κ3) is 4.12. The Kier molecular flexibility index (Phi) is 4.95. The van der Waals surface area contributed by atoms with Crippen molar-refractivity contribution in [1.29, 1.82) is 0 Å². The molecule has 0 aliphatic rings. The van der Waals surface area contributed by atoms with Gasteiger partial charge in [-0.2, -0.15) is 0 Å². The number of unbranched alkanes of at least 4 members (excludes halogenated alkanes) is 2.